The Morgan fingerprint density at radius 2 is 1.96 bits per heavy atom. The molecule has 2 aromatic heterocycles. The molecule has 2 N–H and O–H groups in total. The first-order valence-corrected chi connectivity index (χ1v) is 9.15. The van der Waals surface area contributed by atoms with Crippen molar-refractivity contribution >= 4 is 42.1 Å². The Balaban J connectivity index is 0.00000113. The van der Waals surface area contributed by atoms with Gasteiger partial charge in [0.1, 0.15) is 0 Å². The van der Waals surface area contributed by atoms with E-state index in [1.165, 1.54) is 12.8 Å². The fraction of sp³-hybridized carbons (Fsp3) is 0.529. The van der Waals surface area contributed by atoms with Crippen LogP contribution in [0.4, 0.5) is 0 Å². The minimum atomic E-state index is 0. The topological polar surface area (TPSA) is 59.0 Å². The molecular weight excluding hydrogens is 379 g/mol. The normalized spacial score (nSPS) is 24.3. The fourth-order valence-electron chi connectivity index (χ4n) is 4.05. The molecule has 4 heterocycles. The first-order valence-electron chi connectivity index (χ1n) is 8.27. The number of rotatable bonds is 3. The average molecular weight is 403 g/mol. The Kier molecular flexibility index (Phi) is 6.54. The van der Waals surface area contributed by atoms with E-state index in [9.17, 15) is 4.79 Å². The second-order valence-electron chi connectivity index (χ2n) is 6.71. The third-order valence-electron chi connectivity index (χ3n) is 5.09. The number of carbonyl (C=O) groups excluding carboxylic acids is 1. The van der Waals surface area contributed by atoms with Crippen molar-refractivity contribution in [2.75, 3.05) is 0 Å². The zero-order valence-electron chi connectivity index (χ0n) is 14.3. The molecule has 25 heavy (non-hydrogen) atoms. The maximum absolute atomic E-state index is 12.7. The van der Waals surface area contributed by atoms with Gasteiger partial charge in [0.2, 0.25) is 0 Å². The standard InChI is InChI=1S/C17H22N4OS.2ClH/c1-10-7-15(11(2)21(10)17-18-5-6-23-17)16(22)20-14-8-12-3-4-13(9-14)19-12;;/h5-7,12-14,19H,3-4,8-9H2,1-2H3,(H,20,22);2*1H. The highest BCUT2D eigenvalue weighted by Crippen LogP contribution is 2.27. The summed E-state index contributed by atoms with van der Waals surface area (Å²) in [7, 11) is 0. The number of thiazole rings is 1. The molecule has 0 radical (unpaired) electrons. The van der Waals surface area contributed by atoms with Crippen molar-refractivity contribution in [1.29, 1.82) is 0 Å². The summed E-state index contributed by atoms with van der Waals surface area (Å²) < 4.78 is 2.06. The highest BCUT2D eigenvalue weighted by Gasteiger charge is 2.34. The lowest BCUT2D eigenvalue weighted by Crippen LogP contribution is -2.48. The summed E-state index contributed by atoms with van der Waals surface area (Å²) in [5.74, 6) is 0.0483. The van der Waals surface area contributed by atoms with Gasteiger partial charge in [0.05, 0.1) is 5.56 Å². The van der Waals surface area contributed by atoms with Crippen molar-refractivity contribution < 1.29 is 4.79 Å². The van der Waals surface area contributed by atoms with Crippen LogP contribution in [0.15, 0.2) is 17.6 Å². The quantitative estimate of drug-likeness (QED) is 0.826. The van der Waals surface area contributed by atoms with Crippen LogP contribution in [0.2, 0.25) is 0 Å². The second kappa shape index (κ2) is 8.08. The molecule has 4 rings (SSSR count). The molecule has 2 saturated heterocycles. The van der Waals surface area contributed by atoms with Gasteiger partial charge < -0.3 is 10.6 Å². The van der Waals surface area contributed by atoms with Gasteiger partial charge in [-0.2, -0.15) is 0 Å². The van der Waals surface area contributed by atoms with Crippen molar-refractivity contribution in [2.45, 2.75) is 57.7 Å². The minimum Gasteiger partial charge on any atom is -0.349 e. The summed E-state index contributed by atoms with van der Waals surface area (Å²) in [5.41, 5.74) is 2.78. The highest BCUT2D eigenvalue weighted by atomic mass is 35.5. The van der Waals surface area contributed by atoms with Crippen LogP contribution in [0.3, 0.4) is 0 Å². The van der Waals surface area contributed by atoms with Crippen LogP contribution in [0.25, 0.3) is 5.13 Å². The van der Waals surface area contributed by atoms with Crippen molar-refractivity contribution in [1.82, 2.24) is 20.2 Å². The van der Waals surface area contributed by atoms with E-state index in [1.54, 1.807) is 17.5 Å². The molecule has 2 aromatic rings. The monoisotopic (exact) mass is 402 g/mol. The third kappa shape index (κ3) is 3.87. The number of piperidine rings is 1. The number of hydrogen-bond donors (Lipinski definition) is 2. The zero-order valence-corrected chi connectivity index (χ0v) is 16.8. The van der Waals surface area contributed by atoms with E-state index in [-0.39, 0.29) is 30.7 Å². The number of nitrogens with zero attached hydrogens (tertiary/aromatic N) is 2. The number of amides is 1. The van der Waals surface area contributed by atoms with Crippen LogP contribution in [0.1, 0.15) is 47.4 Å². The lowest BCUT2D eigenvalue weighted by atomic mass is 9.99. The van der Waals surface area contributed by atoms with Crippen LogP contribution in [0.5, 0.6) is 0 Å². The van der Waals surface area contributed by atoms with Gasteiger partial charge in [0, 0.05) is 41.1 Å². The van der Waals surface area contributed by atoms with E-state index in [1.807, 2.05) is 25.3 Å². The Morgan fingerprint density at radius 1 is 1.28 bits per heavy atom. The number of hydrogen-bond acceptors (Lipinski definition) is 4. The lowest BCUT2D eigenvalue weighted by molar-refractivity contribution is 0.0923. The summed E-state index contributed by atoms with van der Waals surface area (Å²) in [5, 5.41) is 9.74. The SMILES string of the molecule is Cc1cc(C(=O)NC2CC3CCC(C2)N3)c(C)n1-c1nccs1.Cl.Cl. The molecule has 138 valence electrons. The summed E-state index contributed by atoms with van der Waals surface area (Å²) >= 11 is 1.59. The van der Waals surface area contributed by atoms with Gasteiger partial charge in [-0.1, -0.05) is 0 Å². The number of carbonyl (C=O) groups is 1. The van der Waals surface area contributed by atoms with Gasteiger partial charge in [-0.25, -0.2) is 4.98 Å². The third-order valence-corrected chi connectivity index (χ3v) is 5.85. The number of aromatic nitrogens is 2. The molecule has 0 aromatic carbocycles. The van der Waals surface area contributed by atoms with Gasteiger partial charge in [0.25, 0.3) is 5.91 Å². The van der Waals surface area contributed by atoms with Gasteiger partial charge in [0.15, 0.2) is 5.13 Å². The van der Waals surface area contributed by atoms with Gasteiger partial charge in [-0.05, 0) is 45.6 Å². The number of nitrogens with one attached hydrogen (secondary N) is 2. The first-order chi connectivity index (χ1) is 11.1. The summed E-state index contributed by atoms with van der Waals surface area (Å²) in [4.78, 5) is 17.1. The molecule has 0 saturated carbocycles. The minimum absolute atomic E-state index is 0. The number of fused-ring (bicyclic) bond motifs is 2. The molecule has 8 heteroatoms. The highest BCUT2D eigenvalue weighted by molar-refractivity contribution is 7.12. The molecule has 0 spiro atoms. The molecule has 2 aliphatic heterocycles. The van der Waals surface area contributed by atoms with Crippen LogP contribution >= 0.6 is 36.2 Å². The molecule has 2 unspecified atom stereocenters. The fourth-order valence-corrected chi connectivity index (χ4v) is 4.80. The predicted molar refractivity (Wildman–Crippen MR) is 106 cm³/mol. The summed E-state index contributed by atoms with van der Waals surface area (Å²) in [6.07, 6.45) is 6.38. The van der Waals surface area contributed by atoms with Gasteiger partial charge >= 0.3 is 0 Å². The van der Waals surface area contributed by atoms with Crippen molar-refractivity contribution in [3.05, 3.63) is 34.6 Å². The summed E-state index contributed by atoms with van der Waals surface area (Å²) in [6.45, 7) is 4.02. The van der Waals surface area contributed by atoms with Crippen molar-refractivity contribution in [2.24, 2.45) is 0 Å². The molecular formula is C17H24Cl2N4OS. The van der Waals surface area contributed by atoms with Crippen LogP contribution in [-0.4, -0.2) is 33.6 Å². The zero-order chi connectivity index (χ0) is 16.0. The molecule has 2 fully saturated rings. The van der Waals surface area contributed by atoms with E-state index < -0.39 is 0 Å². The van der Waals surface area contributed by atoms with Crippen molar-refractivity contribution in [3.63, 3.8) is 0 Å². The molecule has 1 amide bonds. The van der Waals surface area contributed by atoms with E-state index in [0.29, 0.717) is 18.1 Å². The second-order valence-corrected chi connectivity index (χ2v) is 7.59. The van der Waals surface area contributed by atoms with Crippen LogP contribution < -0.4 is 10.6 Å². The lowest BCUT2D eigenvalue weighted by Gasteiger charge is -2.29. The molecule has 2 atom stereocenters. The largest absolute Gasteiger partial charge is 0.349 e. The number of halogens is 2. The van der Waals surface area contributed by atoms with E-state index >= 15 is 0 Å². The van der Waals surface area contributed by atoms with E-state index in [4.69, 9.17) is 0 Å². The first kappa shape index (κ1) is 20.2. The Bertz CT molecular complexity index is 719. The van der Waals surface area contributed by atoms with E-state index in [0.717, 1.165) is 34.9 Å². The maximum Gasteiger partial charge on any atom is 0.253 e. The molecule has 0 aliphatic carbocycles. The average Bonchev–Trinajstić information content (AvgIpc) is 3.20. The predicted octanol–water partition coefficient (Wildman–Crippen LogP) is 3.41. The van der Waals surface area contributed by atoms with Gasteiger partial charge in [-0.15, -0.1) is 36.2 Å². The summed E-state index contributed by atoms with van der Waals surface area (Å²) in [6, 6.07) is 3.44. The Hall–Kier alpha value is -1.08. The molecule has 2 aliphatic rings. The van der Waals surface area contributed by atoms with Gasteiger partial charge in [-0.3, -0.25) is 9.36 Å². The van der Waals surface area contributed by atoms with E-state index in [2.05, 4.69) is 20.2 Å². The van der Waals surface area contributed by atoms with Crippen LogP contribution in [0, 0.1) is 13.8 Å². The Labute approximate surface area is 164 Å². The maximum atomic E-state index is 12.7. The molecule has 2 bridgehead atoms. The van der Waals surface area contributed by atoms with Crippen molar-refractivity contribution in [3.8, 4) is 5.13 Å². The number of aryl methyl sites for hydroxylation is 1. The van der Waals surface area contributed by atoms with Crippen LogP contribution in [-0.2, 0) is 0 Å². The smallest absolute Gasteiger partial charge is 0.253 e. The molecule has 5 nitrogen and oxygen atoms in total. The Morgan fingerprint density at radius 3 is 2.56 bits per heavy atom.